The second kappa shape index (κ2) is 4.68. The largest absolute Gasteiger partial charge is 0.396 e. The number of aliphatic hydroxyl groups excluding tert-OH is 2. The third kappa shape index (κ3) is 2.18. The highest BCUT2D eigenvalue weighted by Gasteiger charge is 2.43. The molecule has 1 heterocycles. The van der Waals surface area contributed by atoms with Crippen LogP contribution in [-0.2, 0) is 10.3 Å². The van der Waals surface area contributed by atoms with Crippen molar-refractivity contribution in [2.75, 3.05) is 19.8 Å². The molecule has 0 unspecified atom stereocenters. The Hall–Kier alpha value is -1.04. The van der Waals surface area contributed by atoms with Gasteiger partial charge in [0.15, 0.2) is 0 Å². The van der Waals surface area contributed by atoms with Crippen molar-refractivity contribution >= 4 is 0 Å². The third-order valence-corrected chi connectivity index (χ3v) is 3.15. The van der Waals surface area contributed by atoms with Crippen molar-refractivity contribution in [1.82, 2.24) is 0 Å². The van der Waals surface area contributed by atoms with Crippen LogP contribution < -0.4 is 0 Å². The number of ether oxygens (including phenoxy) is 1. The molecule has 1 aliphatic rings. The van der Waals surface area contributed by atoms with Gasteiger partial charge in [-0.15, -0.1) is 0 Å². The molecule has 1 aromatic rings. The lowest BCUT2D eigenvalue weighted by Gasteiger charge is -2.27. The first-order valence-corrected chi connectivity index (χ1v) is 5.42. The highest BCUT2D eigenvalue weighted by atomic mass is 19.1. The summed E-state index contributed by atoms with van der Waals surface area (Å²) in [4.78, 5) is 0. The van der Waals surface area contributed by atoms with E-state index in [2.05, 4.69) is 0 Å². The number of halogens is 2. The highest BCUT2D eigenvalue weighted by Crippen LogP contribution is 2.39. The van der Waals surface area contributed by atoms with Gasteiger partial charge in [0.2, 0.25) is 0 Å². The summed E-state index contributed by atoms with van der Waals surface area (Å²) in [7, 11) is 0. The average molecular weight is 244 g/mol. The van der Waals surface area contributed by atoms with Crippen molar-refractivity contribution in [3.05, 3.63) is 35.4 Å². The predicted octanol–water partition coefficient (Wildman–Crippen LogP) is 1.18. The van der Waals surface area contributed by atoms with E-state index in [0.29, 0.717) is 6.42 Å². The summed E-state index contributed by atoms with van der Waals surface area (Å²) >= 11 is 0. The molecular formula is C12H14F2O3. The quantitative estimate of drug-likeness (QED) is 0.839. The fourth-order valence-corrected chi connectivity index (χ4v) is 2.22. The number of benzene rings is 1. The molecule has 2 N–H and O–H groups in total. The van der Waals surface area contributed by atoms with Crippen molar-refractivity contribution in [2.45, 2.75) is 12.0 Å². The van der Waals surface area contributed by atoms with Gasteiger partial charge < -0.3 is 14.9 Å². The van der Waals surface area contributed by atoms with Crippen LogP contribution in [0.4, 0.5) is 8.78 Å². The summed E-state index contributed by atoms with van der Waals surface area (Å²) in [5, 5.41) is 18.4. The summed E-state index contributed by atoms with van der Waals surface area (Å²) < 4.78 is 31.9. The number of hydrogen-bond acceptors (Lipinski definition) is 3. The molecule has 0 bridgehead atoms. The molecule has 1 aromatic carbocycles. The zero-order valence-corrected chi connectivity index (χ0v) is 9.20. The van der Waals surface area contributed by atoms with Crippen molar-refractivity contribution in [1.29, 1.82) is 0 Å². The molecule has 0 radical (unpaired) electrons. The Morgan fingerprint density at radius 1 is 1.35 bits per heavy atom. The summed E-state index contributed by atoms with van der Waals surface area (Å²) in [5.74, 6) is -1.54. The molecule has 0 saturated carbocycles. The van der Waals surface area contributed by atoms with Crippen molar-refractivity contribution in [2.24, 2.45) is 5.92 Å². The van der Waals surface area contributed by atoms with Gasteiger partial charge >= 0.3 is 0 Å². The Labute approximate surface area is 97.6 Å². The Bertz CT molecular complexity index is 411. The molecule has 0 spiro atoms. The lowest BCUT2D eigenvalue weighted by Crippen LogP contribution is -2.31. The lowest BCUT2D eigenvalue weighted by atomic mass is 9.88. The standard InChI is InChI=1S/C12H14F2O3/c13-9-1-2-10(11(14)3-9)12(7-16)4-8(5-15)6-17-12/h1-3,8,15-16H,4-7H2/t8-,12+/m1/s1. The van der Waals surface area contributed by atoms with Crippen LogP contribution in [0.5, 0.6) is 0 Å². The van der Waals surface area contributed by atoms with E-state index < -0.39 is 23.8 Å². The molecule has 3 nitrogen and oxygen atoms in total. The molecule has 0 amide bonds. The van der Waals surface area contributed by atoms with Gasteiger partial charge in [-0.2, -0.15) is 0 Å². The molecule has 0 aromatic heterocycles. The fraction of sp³-hybridized carbons (Fsp3) is 0.500. The Kier molecular flexibility index (Phi) is 3.42. The Balaban J connectivity index is 2.35. The minimum absolute atomic E-state index is 0.0788. The molecule has 2 rings (SSSR count). The van der Waals surface area contributed by atoms with Gasteiger partial charge in [0.25, 0.3) is 0 Å². The SMILES string of the molecule is OC[C@@H]1CO[C@@](CO)(c2ccc(F)cc2F)C1. The molecule has 5 heteroatoms. The summed E-state index contributed by atoms with van der Waals surface area (Å²) in [6.45, 7) is -0.218. The van der Waals surface area contributed by atoms with E-state index >= 15 is 0 Å². The van der Waals surface area contributed by atoms with E-state index in [-0.39, 0.29) is 24.7 Å². The van der Waals surface area contributed by atoms with E-state index in [1.807, 2.05) is 0 Å². The zero-order chi connectivity index (χ0) is 12.5. The third-order valence-electron chi connectivity index (χ3n) is 3.15. The van der Waals surface area contributed by atoms with Crippen molar-refractivity contribution in [3.8, 4) is 0 Å². The van der Waals surface area contributed by atoms with E-state index in [1.165, 1.54) is 6.07 Å². The van der Waals surface area contributed by atoms with Crippen LogP contribution in [0.3, 0.4) is 0 Å². The van der Waals surface area contributed by atoms with E-state index in [9.17, 15) is 13.9 Å². The molecule has 1 aliphatic heterocycles. The van der Waals surface area contributed by atoms with Crippen LogP contribution in [0.15, 0.2) is 18.2 Å². The first kappa shape index (κ1) is 12.4. The first-order chi connectivity index (χ1) is 8.11. The number of rotatable bonds is 3. The fourth-order valence-electron chi connectivity index (χ4n) is 2.22. The Morgan fingerprint density at radius 2 is 2.12 bits per heavy atom. The molecule has 94 valence electrons. The van der Waals surface area contributed by atoms with Gasteiger partial charge in [0, 0.05) is 24.2 Å². The van der Waals surface area contributed by atoms with Crippen LogP contribution in [0.25, 0.3) is 0 Å². The maximum Gasteiger partial charge on any atom is 0.132 e. The maximum absolute atomic E-state index is 13.7. The van der Waals surface area contributed by atoms with Crippen molar-refractivity contribution < 1.29 is 23.7 Å². The van der Waals surface area contributed by atoms with Crippen LogP contribution in [0.1, 0.15) is 12.0 Å². The molecular weight excluding hydrogens is 230 g/mol. The van der Waals surface area contributed by atoms with Crippen LogP contribution in [-0.4, -0.2) is 30.0 Å². The monoisotopic (exact) mass is 244 g/mol. The van der Waals surface area contributed by atoms with E-state index in [0.717, 1.165) is 12.1 Å². The lowest BCUT2D eigenvalue weighted by molar-refractivity contribution is -0.0458. The minimum atomic E-state index is -1.16. The molecule has 1 saturated heterocycles. The van der Waals surface area contributed by atoms with Gasteiger partial charge in [0.1, 0.15) is 17.2 Å². The molecule has 0 aliphatic carbocycles. The number of aliphatic hydroxyl groups is 2. The average Bonchev–Trinajstić information content (AvgIpc) is 2.74. The van der Waals surface area contributed by atoms with Gasteiger partial charge in [-0.05, 0) is 12.5 Å². The second-order valence-electron chi connectivity index (χ2n) is 4.34. The minimum Gasteiger partial charge on any atom is -0.396 e. The van der Waals surface area contributed by atoms with Gasteiger partial charge in [-0.25, -0.2) is 8.78 Å². The normalized spacial score (nSPS) is 28.6. The summed E-state index contributed by atoms with van der Waals surface area (Å²) in [6.07, 6.45) is 0.322. The second-order valence-corrected chi connectivity index (χ2v) is 4.34. The van der Waals surface area contributed by atoms with E-state index in [4.69, 9.17) is 9.84 Å². The molecule has 2 atom stereocenters. The van der Waals surface area contributed by atoms with Gasteiger partial charge in [0.05, 0.1) is 13.2 Å². The van der Waals surface area contributed by atoms with Crippen LogP contribution in [0, 0.1) is 17.6 Å². The summed E-state index contributed by atoms with van der Waals surface area (Å²) in [5.41, 5.74) is -1.03. The summed E-state index contributed by atoms with van der Waals surface area (Å²) in [6, 6.07) is 3.18. The van der Waals surface area contributed by atoms with E-state index in [1.54, 1.807) is 0 Å². The Morgan fingerprint density at radius 3 is 2.65 bits per heavy atom. The van der Waals surface area contributed by atoms with Gasteiger partial charge in [-0.3, -0.25) is 0 Å². The van der Waals surface area contributed by atoms with Crippen LogP contribution in [0.2, 0.25) is 0 Å². The number of hydrogen-bond donors (Lipinski definition) is 2. The first-order valence-electron chi connectivity index (χ1n) is 5.42. The maximum atomic E-state index is 13.7. The topological polar surface area (TPSA) is 49.7 Å². The zero-order valence-electron chi connectivity index (χ0n) is 9.20. The smallest absolute Gasteiger partial charge is 0.132 e. The van der Waals surface area contributed by atoms with Crippen molar-refractivity contribution in [3.63, 3.8) is 0 Å². The molecule has 1 fully saturated rings. The predicted molar refractivity (Wildman–Crippen MR) is 56.3 cm³/mol. The van der Waals surface area contributed by atoms with Gasteiger partial charge in [-0.1, -0.05) is 6.07 Å². The van der Waals surface area contributed by atoms with Crippen LogP contribution >= 0.6 is 0 Å². The highest BCUT2D eigenvalue weighted by molar-refractivity contribution is 5.26. The molecule has 17 heavy (non-hydrogen) atoms.